The van der Waals surface area contributed by atoms with Gasteiger partial charge in [0.1, 0.15) is 0 Å². The second-order valence-corrected chi connectivity index (χ2v) is 1.28. The van der Waals surface area contributed by atoms with Gasteiger partial charge >= 0.3 is 0 Å². The predicted octanol–water partition coefficient (Wildman–Crippen LogP) is -0.0971. The number of rotatable bonds is 0. The smallest absolute Gasteiger partial charge is 0.0870 e. The maximum Gasteiger partial charge on any atom is 0.0870 e. The first-order chi connectivity index (χ1) is 2.50. The van der Waals surface area contributed by atoms with Gasteiger partial charge in [0.25, 0.3) is 0 Å². The quantitative estimate of drug-likeness (QED) is 0.443. The number of nitrogens with zero attached hydrogens (tertiary/aromatic N) is 3. The van der Waals surface area contributed by atoms with Crippen LogP contribution in [0, 0.1) is 0 Å². The summed E-state index contributed by atoms with van der Waals surface area (Å²) >= 11 is 0. The molecule has 0 fully saturated rings. The second-order valence-electron chi connectivity index (χ2n) is 0.563. The summed E-state index contributed by atoms with van der Waals surface area (Å²) in [4.78, 5) is 3.51. The van der Waals surface area contributed by atoms with E-state index in [-0.39, 0.29) is 0 Å². The zero-order valence-electron chi connectivity index (χ0n) is 2.42. The van der Waals surface area contributed by atoms with Crippen molar-refractivity contribution in [2.75, 3.05) is 0 Å². The van der Waals surface area contributed by atoms with Crippen molar-refractivity contribution in [2.24, 2.45) is 0 Å². The van der Waals surface area contributed by atoms with Crippen molar-refractivity contribution in [3.63, 3.8) is 0 Å². The van der Waals surface area contributed by atoms with E-state index >= 15 is 0 Å². The van der Waals surface area contributed by atoms with Gasteiger partial charge in [-0.2, -0.15) is 0 Å². The third kappa shape index (κ3) is 0.421. The maximum atomic E-state index is 3.51. The van der Waals surface area contributed by atoms with Crippen molar-refractivity contribution < 1.29 is 0 Å². The third-order valence-electron chi connectivity index (χ3n) is 0.270. The molecule has 0 saturated heterocycles. The van der Waals surface area contributed by atoms with Gasteiger partial charge in [-0.15, -0.1) is 9.96 Å². The van der Waals surface area contributed by atoms with Crippen LogP contribution in [0.3, 0.4) is 0 Å². The van der Waals surface area contributed by atoms with Crippen LogP contribution in [0.15, 0.2) is 5.93 Å². The van der Waals surface area contributed by atoms with Crippen LogP contribution in [0.25, 0.3) is 0 Å². The Bertz CT molecular complexity index is 63.4. The first kappa shape index (κ1) is 2.79. The van der Waals surface area contributed by atoms with E-state index in [4.69, 9.17) is 0 Å². The summed E-state index contributed by atoms with van der Waals surface area (Å²) in [6.45, 7) is 0. The molecule has 4 heteroatoms. The molecule has 1 heterocycles. The summed E-state index contributed by atoms with van der Waals surface area (Å²) in [6.07, 6.45) is 0. The van der Waals surface area contributed by atoms with E-state index in [0.717, 1.165) is 0 Å². The molecule has 1 aromatic heterocycles. The Morgan fingerprint density at radius 3 is 2.80 bits per heavy atom. The molecule has 0 radical (unpaired) electrons. The van der Waals surface area contributed by atoms with Gasteiger partial charge in [0.05, 0.1) is 5.93 Å². The van der Waals surface area contributed by atoms with Crippen molar-refractivity contribution in [1.82, 2.24) is 15.2 Å². The topological polar surface area (TPSA) is 38.7 Å². The zero-order chi connectivity index (χ0) is 3.54. The van der Waals surface area contributed by atoms with Crippen LogP contribution in [0.2, 0.25) is 0 Å². The average Bonchev–Trinajstić information content (AvgIpc) is 1.76. The minimum Gasteiger partial charge on any atom is -0.133 e. The fourth-order valence-corrected chi connectivity index (χ4v) is 0.387. The van der Waals surface area contributed by atoms with E-state index in [1.165, 1.54) is 0 Å². The van der Waals surface area contributed by atoms with Crippen LogP contribution in [-0.4, -0.2) is 15.2 Å². The van der Waals surface area contributed by atoms with Gasteiger partial charge in [0.2, 0.25) is 0 Å². The zero-order valence-corrected chi connectivity index (χ0v) is 3.42. The Labute approximate surface area is 30.6 Å². The lowest BCUT2D eigenvalue weighted by atomic mass is 11.7. The molecule has 1 unspecified atom stereocenters. The number of aromatic nitrogens is 3. The Morgan fingerprint density at radius 2 is 2.60 bits per heavy atom. The Kier molecular flexibility index (Phi) is 0.630. The van der Waals surface area contributed by atoms with Gasteiger partial charge in [-0.05, 0) is 5.21 Å². The van der Waals surface area contributed by atoms with E-state index < -0.39 is 0 Å². The lowest BCUT2D eigenvalue weighted by Gasteiger charge is -1.40. The van der Waals surface area contributed by atoms with Crippen molar-refractivity contribution in [3.8, 4) is 0 Å². The molecule has 5 heavy (non-hydrogen) atoms. The summed E-state index contributed by atoms with van der Waals surface area (Å²) < 4.78 is 0. The lowest BCUT2D eigenvalue weighted by Crippen LogP contribution is -1.60. The lowest BCUT2D eigenvalue weighted by molar-refractivity contribution is 0.958. The molecular formula is CH2N3P. The summed E-state index contributed by atoms with van der Waals surface area (Å²) in [5.41, 5.74) is 0. The normalized spacial score (nSPS) is 9.60. The van der Waals surface area contributed by atoms with Gasteiger partial charge in [0.15, 0.2) is 0 Å². The minimum atomic E-state index is 0.475. The average molecular weight is 87.0 g/mol. The molecule has 0 aliphatic rings. The standard InChI is InChI=1S/CH2N3P/c1-2-3-4-5-1/h1,5H. The molecule has 0 bridgehead atoms. The van der Waals surface area contributed by atoms with Gasteiger partial charge in [-0.3, -0.25) is 0 Å². The van der Waals surface area contributed by atoms with Crippen molar-refractivity contribution in [3.05, 3.63) is 5.93 Å². The summed E-state index contributed by atoms with van der Waals surface area (Å²) in [5, 5.41) is 6.72. The highest BCUT2D eigenvalue weighted by Gasteiger charge is 1.60. The van der Waals surface area contributed by atoms with Crippen LogP contribution in [-0.2, 0) is 0 Å². The molecule has 3 nitrogen and oxygen atoms in total. The molecule has 0 amide bonds. The van der Waals surface area contributed by atoms with Crippen molar-refractivity contribution >= 4 is 8.35 Å². The molecular weight excluding hydrogens is 85.0 g/mol. The van der Waals surface area contributed by atoms with E-state index in [1.807, 2.05) is 0 Å². The van der Waals surface area contributed by atoms with Crippen LogP contribution in [0.1, 0.15) is 0 Å². The molecule has 1 rings (SSSR count). The first-order valence-corrected chi connectivity index (χ1v) is 2.20. The number of hydrogen-bond donors (Lipinski definition) is 0. The van der Waals surface area contributed by atoms with Crippen molar-refractivity contribution in [1.29, 1.82) is 0 Å². The molecule has 26 valence electrons. The fourth-order valence-electron chi connectivity index (χ4n) is 0.129. The van der Waals surface area contributed by atoms with E-state index in [9.17, 15) is 0 Å². The van der Waals surface area contributed by atoms with Gasteiger partial charge in [-0.25, -0.2) is 0 Å². The Hall–Kier alpha value is -0.430. The fraction of sp³-hybridized carbons (Fsp3) is 0. The second kappa shape index (κ2) is 1.13. The third-order valence-corrected chi connectivity index (χ3v) is 0.705. The molecule has 0 spiro atoms. The molecule has 0 saturated carbocycles. The summed E-state index contributed by atoms with van der Waals surface area (Å²) in [5.74, 6) is 1.68. The molecule has 0 aliphatic carbocycles. The Morgan fingerprint density at radius 1 is 1.60 bits per heavy atom. The van der Waals surface area contributed by atoms with Gasteiger partial charge in [-0.1, -0.05) is 0 Å². The molecule has 1 atom stereocenters. The van der Waals surface area contributed by atoms with Crippen molar-refractivity contribution in [2.45, 2.75) is 0 Å². The van der Waals surface area contributed by atoms with Crippen LogP contribution >= 0.6 is 8.35 Å². The largest absolute Gasteiger partial charge is 0.133 e. The van der Waals surface area contributed by atoms with E-state index in [1.54, 1.807) is 5.93 Å². The molecule has 1 aromatic rings. The first-order valence-electron chi connectivity index (χ1n) is 1.17. The maximum absolute atomic E-state index is 3.51. The minimum absolute atomic E-state index is 0.475. The Balaban J connectivity index is 3.13. The highest BCUT2D eigenvalue weighted by atomic mass is 31.0. The molecule has 0 aliphatic heterocycles. The van der Waals surface area contributed by atoms with Crippen LogP contribution in [0.4, 0.5) is 0 Å². The van der Waals surface area contributed by atoms with Crippen LogP contribution < -0.4 is 0 Å². The highest BCUT2D eigenvalue weighted by molar-refractivity contribution is 7.24. The van der Waals surface area contributed by atoms with Crippen LogP contribution in [0.5, 0.6) is 0 Å². The molecule has 0 aromatic carbocycles. The SMILES string of the molecule is c1nnn[pH]1. The summed E-state index contributed by atoms with van der Waals surface area (Å²) in [6, 6.07) is 0. The summed E-state index contributed by atoms with van der Waals surface area (Å²) in [7, 11) is 0.475. The van der Waals surface area contributed by atoms with E-state index in [2.05, 4.69) is 15.2 Å². The van der Waals surface area contributed by atoms with Gasteiger partial charge < -0.3 is 0 Å². The molecule has 0 N–H and O–H groups in total. The highest BCUT2D eigenvalue weighted by Crippen LogP contribution is 1.83. The predicted molar refractivity (Wildman–Crippen MR) is 19.3 cm³/mol. The van der Waals surface area contributed by atoms with E-state index in [0.29, 0.717) is 8.35 Å². The monoisotopic (exact) mass is 87.0 g/mol. The van der Waals surface area contributed by atoms with Gasteiger partial charge in [0, 0.05) is 8.35 Å². The number of hydrogen-bond acceptors (Lipinski definition) is 3.